The molecule has 1 aromatic carbocycles. The minimum absolute atomic E-state index is 0.663. The molecule has 0 saturated heterocycles. The molecule has 6 aromatic heterocycles. The standard InChI is InChI=1S/C29H22N8S/c1-2-5-18(6-3-1)13-30-14-19-11-20(16-31-15-19)23-12-22-24(17-33-23)36-37-27(22)29-34-26-21(25-7-4-10-38-25)8-9-32-28(26)35-29/h1-12,15-17,30H,13-14H2,(H,36,37)(H,32,34,35). The van der Waals surface area contributed by atoms with Gasteiger partial charge in [-0.05, 0) is 40.8 Å². The van der Waals surface area contributed by atoms with E-state index in [1.165, 1.54) is 5.56 Å². The van der Waals surface area contributed by atoms with Crippen LogP contribution >= 0.6 is 11.3 Å². The lowest BCUT2D eigenvalue weighted by Gasteiger charge is -2.07. The first kappa shape index (κ1) is 22.5. The van der Waals surface area contributed by atoms with Gasteiger partial charge in [-0.3, -0.25) is 15.1 Å². The van der Waals surface area contributed by atoms with Gasteiger partial charge in [-0.2, -0.15) is 5.10 Å². The summed E-state index contributed by atoms with van der Waals surface area (Å²) in [6.07, 6.45) is 7.32. The molecule has 0 radical (unpaired) electrons. The number of fused-ring (bicyclic) bond motifs is 2. The van der Waals surface area contributed by atoms with Gasteiger partial charge < -0.3 is 10.3 Å². The van der Waals surface area contributed by atoms with Crippen LogP contribution in [0.4, 0.5) is 0 Å². The summed E-state index contributed by atoms with van der Waals surface area (Å²) in [4.78, 5) is 23.0. The van der Waals surface area contributed by atoms with Crippen LogP contribution in [0.2, 0.25) is 0 Å². The lowest BCUT2D eigenvalue weighted by Crippen LogP contribution is -2.12. The Morgan fingerprint density at radius 1 is 0.868 bits per heavy atom. The highest BCUT2D eigenvalue weighted by molar-refractivity contribution is 7.13. The van der Waals surface area contributed by atoms with Crippen molar-refractivity contribution in [3.63, 3.8) is 0 Å². The molecule has 7 rings (SSSR count). The zero-order valence-corrected chi connectivity index (χ0v) is 21.0. The summed E-state index contributed by atoms with van der Waals surface area (Å²) in [6.45, 7) is 1.52. The predicted octanol–water partition coefficient (Wildman–Crippen LogP) is 5.98. The van der Waals surface area contributed by atoms with Crippen LogP contribution in [0.1, 0.15) is 11.1 Å². The van der Waals surface area contributed by atoms with Crippen molar-refractivity contribution in [1.29, 1.82) is 0 Å². The van der Waals surface area contributed by atoms with Crippen LogP contribution in [0, 0.1) is 0 Å². The molecule has 0 aliphatic carbocycles. The second kappa shape index (κ2) is 9.62. The van der Waals surface area contributed by atoms with Gasteiger partial charge in [0.15, 0.2) is 11.5 Å². The van der Waals surface area contributed by atoms with E-state index in [-0.39, 0.29) is 0 Å². The van der Waals surface area contributed by atoms with E-state index in [0.717, 1.165) is 55.9 Å². The van der Waals surface area contributed by atoms with E-state index >= 15 is 0 Å². The molecule has 0 bridgehead atoms. The maximum atomic E-state index is 4.77. The number of imidazole rings is 1. The van der Waals surface area contributed by atoms with Crippen molar-refractivity contribution in [2.24, 2.45) is 0 Å². The van der Waals surface area contributed by atoms with E-state index < -0.39 is 0 Å². The number of hydrogen-bond donors (Lipinski definition) is 3. The number of thiophene rings is 1. The van der Waals surface area contributed by atoms with Gasteiger partial charge in [-0.15, -0.1) is 11.3 Å². The molecule has 0 atom stereocenters. The van der Waals surface area contributed by atoms with E-state index in [9.17, 15) is 0 Å². The fourth-order valence-corrected chi connectivity index (χ4v) is 5.34. The molecule has 0 amide bonds. The molecule has 0 spiro atoms. The molecule has 0 aliphatic heterocycles. The van der Waals surface area contributed by atoms with Crippen LogP contribution in [-0.2, 0) is 13.1 Å². The van der Waals surface area contributed by atoms with Crippen LogP contribution in [0.3, 0.4) is 0 Å². The van der Waals surface area contributed by atoms with Gasteiger partial charge in [-0.1, -0.05) is 36.4 Å². The van der Waals surface area contributed by atoms with Gasteiger partial charge in [-0.25, -0.2) is 9.97 Å². The third-order valence-electron chi connectivity index (χ3n) is 6.44. The Hall–Kier alpha value is -4.73. The lowest BCUT2D eigenvalue weighted by molar-refractivity contribution is 0.691. The highest BCUT2D eigenvalue weighted by Crippen LogP contribution is 2.33. The van der Waals surface area contributed by atoms with Crippen LogP contribution in [-0.4, -0.2) is 35.1 Å². The summed E-state index contributed by atoms with van der Waals surface area (Å²) in [6, 6.07) is 20.7. The van der Waals surface area contributed by atoms with Crippen LogP contribution < -0.4 is 5.32 Å². The molecule has 8 nitrogen and oxygen atoms in total. The predicted molar refractivity (Wildman–Crippen MR) is 150 cm³/mol. The minimum atomic E-state index is 0.663. The van der Waals surface area contributed by atoms with Crippen LogP contribution in [0.5, 0.6) is 0 Å². The van der Waals surface area contributed by atoms with Gasteiger partial charge in [0.25, 0.3) is 0 Å². The Morgan fingerprint density at radius 2 is 1.79 bits per heavy atom. The molecule has 0 aliphatic rings. The number of aromatic nitrogens is 7. The molecule has 3 N–H and O–H groups in total. The molecule has 184 valence electrons. The first-order valence-electron chi connectivity index (χ1n) is 12.2. The van der Waals surface area contributed by atoms with Gasteiger partial charge in [0.2, 0.25) is 0 Å². The largest absolute Gasteiger partial charge is 0.335 e. The van der Waals surface area contributed by atoms with Gasteiger partial charge >= 0.3 is 0 Å². The fraction of sp³-hybridized carbons (Fsp3) is 0.0690. The average Bonchev–Trinajstić information content (AvgIpc) is 3.73. The second-order valence-electron chi connectivity index (χ2n) is 8.98. The highest BCUT2D eigenvalue weighted by Gasteiger charge is 2.17. The van der Waals surface area contributed by atoms with E-state index in [2.05, 4.69) is 77.2 Å². The molecule has 0 unspecified atom stereocenters. The summed E-state index contributed by atoms with van der Waals surface area (Å²) in [5, 5.41) is 14.1. The first-order chi connectivity index (χ1) is 18.8. The summed E-state index contributed by atoms with van der Waals surface area (Å²) in [5.41, 5.74) is 8.32. The number of nitrogens with zero attached hydrogens (tertiary/aromatic N) is 5. The van der Waals surface area contributed by atoms with Crippen molar-refractivity contribution in [1.82, 2.24) is 40.4 Å². The summed E-state index contributed by atoms with van der Waals surface area (Å²) in [7, 11) is 0. The number of hydrogen-bond acceptors (Lipinski definition) is 7. The summed E-state index contributed by atoms with van der Waals surface area (Å²) < 4.78 is 0. The van der Waals surface area contributed by atoms with Crippen molar-refractivity contribution in [2.45, 2.75) is 13.1 Å². The Labute approximate surface area is 221 Å². The van der Waals surface area contributed by atoms with E-state index in [1.54, 1.807) is 23.7 Å². The van der Waals surface area contributed by atoms with E-state index in [4.69, 9.17) is 4.98 Å². The van der Waals surface area contributed by atoms with Gasteiger partial charge in [0, 0.05) is 53.1 Å². The Kier molecular flexibility index (Phi) is 5.69. The highest BCUT2D eigenvalue weighted by atomic mass is 32.1. The minimum Gasteiger partial charge on any atom is -0.335 e. The van der Waals surface area contributed by atoms with Gasteiger partial charge in [0.05, 0.1) is 22.9 Å². The zero-order valence-electron chi connectivity index (χ0n) is 20.2. The third-order valence-corrected chi connectivity index (χ3v) is 7.35. The number of pyridine rings is 3. The quantitative estimate of drug-likeness (QED) is 0.242. The first-order valence-corrected chi connectivity index (χ1v) is 13.1. The fourth-order valence-electron chi connectivity index (χ4n) is 4.59. The van der Waals surface area contributed by atoms with Crippen LogP contribution in [0.15, 0.2) is 90.8 Å². The normalized spacial score (nSPS) is 11.5. The van der Waals surface area contributed by atoms with E-state index in [1.807, 2.05) is 36.7 Å². The van der Waals surface area contributed by atoms with Crippen molar-refractivity contribution in [3.05, 3.63) is 102 Å². The molecular weight excluding hydrogens is 492 g/mol. The van der Waals surface area contributed by atoms with Gasteiger partial charge in [0.1, 0.15) is 5.69 Å². The molecule has 38 heavy (non-hydrogen) atoms. The van der Waals surface area contributed by atoms with Crippen molar-refractivity contribution in [3.8, 4) is 33.2 Å². The molecule has 7 aromatic rings. The van der Waals surface area contributed by atoms with Crippen molar-refractivity contribution >= 4 is 33.4 Å². The van der Waals surface area contributed by atoms with E-state index in [0.29, 0.717) is 18.0 Å². The molecule has 6 heterocycles. The summed E-state index contributed by atoms with van der Waals surface area (Å²) >= 11 is 1.69. The summed E-state index contributed by atoms with van der Waals surface area (Å²) in [5.74, 6) is 0.664. The number of aromatic amines is 2. The smallest absolute Gasteiger partial charge is 0.178 e. The number of nitrogens with one attached hydrogen (secondary N) is 3. The zero-order chi connectivity index (χ0) is 25.3. The topological polar surface area (TPSA) is 108 Å². The average molecular weight is 515 g/mol. The van der Waals surface area contributed by atoms with Crippen LogP contribution in [0.25, 0.3) is 55.3 Å². The van der Waals surface area contributed by atoms with Crippen molar-refractivity contribution in [2.75, 3.05) is 0 Å². The Morgan fingerprint density at radius 3 is 2.68 bits per heavy atom. The second-order valence-corrected chi connectivity index (χ2v) is 9.93. The lowest BCUT2D eigenvalue weighted by atomic mass is 10.1. The molecule has 9 heteroatoms. The number of benzene rings is 1. The number of rotatable bonds is 7. The monoisotopic (exact) mass is 514 g/mol. The maximum absolute atomic E-state index is 4.77. The molecular formula is C29H22N8S. The third kappa shape index (κ3) is 4.23. The Balaban J connectivity index is 1.20. The SMILES string of the molecule is c1ccc(CNCc2cncc(-c3cc4c(-c5nc6nccc(-c7cccs7)c6[nH]5)n[nH]c4cn3)c2)cc1. The molecule has 0 saturated carbocycles. The molecule has 0 fully saturated rings. The number of H-pyrrole nitrogens is 2. The maximum Gasteiger partial charge on any atom is 0.178 e. The van der Waals surface area contributed by atoms with Crippen molar-refractivity contribution < 1.29 is 0 Å². The Bertz CT molecular complexity index is 1850.